The average molecular weight is 326 g/mol. The molecule has 1 N–H and O–H groups in total. The van der Waals surface area contributed by atoms with E-state index in [-0.39, 0.29) is 5.75 Å². The van der Waals surface area contributed by atoms with Crippen molar-refractivity contribution in [3.8, 4) is 0 Å². The largest absolute Gasteiger partial charge is 0.450 e. The summed E-state index contributed by atoms with van der Waals surface area (Å²) in [6.45, 7) is 4.77. The Morgan fingerprint density at radius 1 is 1.32 bits per heavy atom. The Kier molecular flexibility index (Phi) is 5.42. The number of carbonyl (C=O) groups excluding carboxylic acids is 1. The zero-order valence-electron chi connectivity index (χ0n) is 13.0. The van der Waals surface area contributed by atoms with Gasteiger partial charge in [0.05, 0.1) is 12.4 Å². The van der Waals surface area contributed by atoms with E-state index in [4.69, 9.17) is 4.74 Å². The number of nitrogens with zero attached hydrogens (tertiary/aromatic N) is 1. The van der Waals surface area contributed by atoms with Gasteiger partial charge in [0, 0.05) is 18.8 Å². The van der Waals surface area contributed by atoms with Gasteiger partial charge in [-0.2, -0.15) is 4.31 Å². The number of carbonyl (C=O) groups is 1. The van der Waals surface area contributed by atoms with E-state index in [9.17, 15) is 13.2 Å². The smallest absolute Gasteiger partial charge is 0.411 e. The highest BCUT2D eigenvalue weighted by atomic mass is 32.2. The van der Waals surface area contributed by atoms with E-state index in [1.165, 1.54) is 4.31 Å². The first-order valence-corrected chi connectivity index (χ1v) is 9.10. The summed E-state index contributed by atoms with van der Waals surface area (Å²) in [7, 11) is -3.20. The average Bonchev–Trinajstić information content (AvgIpc) is 2.46. The van der Waals surface area contributed by atoms with E-state index >= 15 is 0 Å². The molecule has 7 heteroatoms. The molecule has 122 valence electrons. The van der Waals surface area contributed by atoms with Gasteiger partial charge >= 0.3 is 6.09 Å². The van der Waals surface area contributed by atoms with Crippen LogP contribution in [0, 0.1) is 0 Å². The zero-order valence-corrected chi connectivity index (χ0v) is 13.8. The molecule has 0 spiro atoms. The molecule has 1 aliphatic rings. The molecule has 0 aliphatic carbocycles. The number of ether oxygens (including phenoxy) is 1. The fourth-order valence-corrected chi connectivity index (χ4v) is 4.00. The van der Waals surface area contributed by atoms with Crippen LogP contribution in [0.2, 0.25) is 0 Å². The Morgan fingerprint density at radius 3 is 2.77 bits per heavy atom. The van der Waals surface area contributed by atoms with Gasteiger partial charge in [-0.15, -0.1) is 0 Å². The molecule has 1 aliphatic heterocycles. The summed E-state index contributed by atoms with van der Waals surface area (Å²) in [5.41, 5.74) is 2.67. The highest BCUT2D eigenvalue weighted by Crippen LogP contribution is 2.24. The second-order valence-electron chi connectivity index (χ2n) is 5.23. The van der Waals surface area contributed by atoms with Crippen molar-refractivity contribution < 1.29 is 17.9 Å². The van der Waals surface area contributed by atoms with Crippen LogP contribution in [-0.4, -0.2) is 37.7 Å². The zero-order chi connectivity index (χ0) is 16.2. The number of amides is 1. The maximum atomic E-state index is 12.2. The van der Waals surface area contributed by atoms with Crippen molar-refractivity contribution >= 4 is 21.8 Å². The minimum Gasteiger partial charge on any atom is -0.450 e. The van der Waals surface area contributed by atoms with Crippen molar-refractivity contribution in [3.05, 3.63) is 29.3 Å². The number of nitrogens with one attached hydrogen (secondary N) is 1. The minimum absolute atomic E-state index is 0.170. The molecule has 0 aromatic heterocycles. The first-order valence-electron chi connectivity index (χ1n) is 7.49. The second-order valence-corrected chi connectivity index (χ2v) is 7.32. The maximum absolute atomic E-state index is 12.2. The molecule has 0 bridgehead atoms. The number of hydrogen-bond donors (Lipinski definition) is 1. The number of anilines is 1. The molecule has 1 heterocycles. The Bertz CT molecular complexity index is 643. The molecule has 1 aromatic rings. The monoisotopic (exact) mass is 326 g/mol. The predicted octanol–water partition coefficient (Wildman–Crippen LogP) is 2.35. The Hall–Kier alpha value is -1.60. The molecule has 2 rings (SSSR count). The van der Waals surface area contributed by atoms with E-state index in [1.807, 2.05) is 25.1 Å². The van der Waals surface area contributed by atoms with Crippen LogP contribution in [0.1, 0.15) is 31.4 Å². The second kappa shape index (κ2) is 7.11. The lowest BCUT2D eigenvalue weighted by molar-refractivity contribution is 0.168. The van der Waals surface area contributed by atoms with E-state index in [1.54, 1.807) is 6.92 Å². The van der Waals surface area contributed by atoms with Crippen molar-refractivity contribution in [1.29, 1.82) is 0 Å². The number of benzene rings is 1. The molecule has 0 saturated carbocycles. The van der Waals surface area contributed by atoms with Crippen LogP contribution in [-0.2, 0) is 27.7 Å². The van der Waals surface area contributed by atoms with E-state index in [0.29, 0.717) is 38.2 Å². The standard InChI is InChI=1S/C15H22N2O4S/c1-3-9-22(19,20)17-8-7-12-5-6-14(10-13(12)11-17)16-15(18)21-4-2/h5-6,10H,3-4,7-9,11H2,1-2H3,(H,16,18). The van der Waals surface area contributed by atoms with Gasteiger partial charge in [-0.05, 0) is 43.0 Å². The van der Waals surface area contributed by atoms with Crippen LogP contribution in [0.3, 0.4) is 0 Å². The van der Waals surface area contributed by atoms with Gasteiger partial charge in [-0.25, -0.2) is 13.2 Å². The van der Waals surface area contributed by atoms with E-state index in [2.05, 4.69) is 5.32 Å². The van der Waals surface area contributed by atoms with Crippen LogP contribution in [0.4, 0.5) is 10.5 Å². The summed E-state index contributed by atoms with van der Waals surface area (Å²) in [5, 5.41) is 2.64. The number of sulfonamides is 1. The summed E-state index contributed by atoms with van der Waals surface area (Å²) in [6.07, 6.45) is 0.794. The molecule has 6 nitrogen and oxygen atoms in total. The lowest BCUT2D eigenvalue weighted by Gasteiger charge is -2.28. The first kappa shape index (κ1) is 16.8. The van der Waals surface area contributed by atoms with Gasteiger partial charge < -0.3 is 4.74 Å². The number of fused-ring (bicyclic) bond motifs is 1. The first-order chi connectivity index (χ1) is 10.5. The molecule has 0 fully saturated rings. The minimum atomic E-state index is -3.20. The quantitative estimate of drug-likeness (QED) is 0.901. The third-order valence-electron chi connectivity index (χ3n) is 3.56. The van der Waals surface area contributed by atoms with Gasteiger partial charge in [0.1, 0.15) is 0 Å². The molecular formula is C15H22N2O4S. The third kappa shape index (κ3) is 3.98. The lowest BCUT2D eigenvalue weighted by Crippen LogP contribution is -2.37. The fourth-order valence-electron chi connectivity index (χ4n) is 2.52. The molecule has 0 unspecified atom stereocenters. The molecule has 0 saturated heterocycles. The van der Waals surface area contributed by atoms with Crippen LogP contribution in [0.15, 0.2) is 18.2 Å². The van der Waals surface area contributed by atoms with Crippen LogP contribution in [0.5, 0.6) is 0 Å². The van der Waals surface area contributed by atoms with Gasteiger partial charge in [0.25, 0.3) is 0 Å². The van der Waals surface area contributed by atoms with Crippen LogP contribution >= 0.6 is 0 Å². The van der Waals surface area contributed by atoms with Crippen LogP contribution in [0.25, 0.3) is 0 Å². The summed E-state index contributed by atoms with van der Waals surface area (Å²) in [6, 6.07) is 5.56. The van der Waals surface area contributed by atoms with Gasteiger partial charge in [0.2, 0.25) is 10.0 Å². The van der Waals surface area contributed by atoms with Gasteiger partial charge in [0.15, 0.2) is 0 Å². The normalized spacial score (nSPS) is 15.2. The topological polar surface area (TPSA) is 75.7 Å². The molecule has 0 atom stereocenters. The van der Waals surface area contributed by atoms with Gasteiger partial charge in [-0.1, -0.05) is 13.0 Å². The van der Waals surface area contributed by atoms with Crippen molar-refractivity contribution in [2.75, 3.05) is 24.2 Å². The van der Waals surface area contributed by atoms with E-state index in [0.717, 1.165) is 11.1 Å². The molecule has 1 amide bonds. The maximum Gasteiger partial charge on any atom is 0.411 e. The van der Waals surface area contributed by atoms with Crippen LogP contribution < -0.4 is 5.32 Å². The summed E-state index contributed by atoms with van der Waals surface area (Å²) < 4.78 is 30.7. The predicted molar refractivity (Wildman–Crippen MR) is 85.3 cm³/mol. The molecule has 22 heavy (non-hydrogen) atoms. The Balaban J connectivity index is 2.14. The van der Waals surface area contributed by atoms with Crippen molar-refractivity contribution in [3.63, 3.8) is 0 Å². The summed E-state index contributed by atoms with van der Waals surface area (Å²) in [4.78, 5) is 11.4. The third-order valence-corrected chi connectivity index (χ3v) is 5.58. The summed E-state index contributed by atoms with van der Waals surface area (Å²) >= 11 is 0. The SMILES string of the molecule is CCCS(=O)(=O)N1CCc2ccc(NC(=O)OCC)cc2C1. The molecule has 0 radical (unpaired) electrons. The lowest BCUT2D eigenvalue weighted by atomic mass is 10.0. The highest BCUT2D eigenvalue weighted by molar-refractivity contribution is 7.89. The number of rotatable bonds is 5. The molecular weight excluding hydrogens is 304 g/mol. The fraction of sp³-hybridized carbons (Fsp3) is 0.533. The molecule has 1 aromatic carbocycles. The highest BCUT2D eigenvalue weighted by Gasteiger charge is 2.26. The van der Waals surface area contributed by atoms with E-state index < -0.39 is 16.1 Å². The summed E-state index contributed by atoms with van der Waals surface area (Å²) in [5.74, 6) is 0.170. The van der Waals surface area contributed by atoms with Crippen molar-refractivity contribution in [1.82, 2.24) is 4.31 Å². The van der Waals surface area contributed by atoms with Gasteiger partial charge in [-0.3, -0.25) is 5.32 Å². The number of hydrogen-bond acceptors (Lipinski definition) is 4. The Labute approximate surface area is 131 Å². The Morgan fingerprint density at radius 2 is 2.09 bits per heavy atom. The van der Waals surface area contributed by atoms with Crippen molar-refractivity contribution in [2.24, 2.45) is 0 Å². The van der Waals surface area contributed by atoms with Crippen molar-refractivity contribution in [2.45, 2.75) is 33.2 Å².